The lowest BCUT2D eigenvalue weighted by Gasteiger charge is -2.31. The van der Waals surface area contributed by atoms with Gasteiger partial charge in [-0.15, -0.1) is 0 Å². The highest BCUT2D eigenvalue weighted by atomic mass is 16.5. The molecule has 2 aromatic rings. The predicted octanol–water partition coefficient (Wildman–Crippen LogP) is 3.10. The van der Waals surface area contributed by atoms with Crippen molar-refractivity contribution in [1.29, 1.82) is 0 Å². The van der Waals surface area contributed by atoms with E-state index in [-0.39, 0.29) is 17.7 Å². The molecule has 0 bridgehead atoms. The van der Waals surface area contributed by atoms with Gasteiger partial charge in [0.25, 0.3) is 5.91 Å². The minimum absolute atomic E-state index is 0.0427. The number of aryl methyl sites for hydroxylation is 1. The zero-order valence-corrected chi connectivity index (χ0v) is 16.9. The van der Waals surface area contributed by atoms with Gasteiger partial charge in [-0.25, -0.2) is 0 Å². The molecule has 3 rings (SSSR count). The third-order valence-corrected chi connectivity index (χ3v) is 5.19. The number of carbonyl (C=O) groups is 2. The first-order chi connectivity index (χ1) is 14.0. The van der Waals surface area contributed by atoms with Gasteiger partial charge in [-0.2, -0.15) is 0 Å². The summed E-state index contributed by atoms with van der Waals surface area (Å²) in [5.74, 6) is 1.12. The number of rotatable bonds is 8. The van der Waals surface area contributed by atoms with Crippen LogP contribution in [0.1, 0.15) is 35.2 Å². The second-order valence-corrected chi connectivity index (χ2v) is 7.59. The summed E-state index contributed by atoms with van der Waals surface area (Å²) in [6, 6.07) is 15.0. The molecule has 1 atom stereocenters. The highest BCUT2D eigenvalue weighted by Crippen LogP contribution is 2.22. The first-order valence-corrected chi connectivity index (χ1v) is 10.2. The first kappa shape index (κ1) is 20.9. The van der Waals surface area contributed by atoms with E-state index in [4.69, 9.17) is 10.5 Å². The maximum Gasteiger partial charge on any atom is 0.251 e. The van der Waals surface area contributed by atoms with Crippen molar-refractivity contribution < 1.29 is 14.3 Å². The molecule has 1 aliphatic heterocycles. The molecule has 1 aliphatic rings. The van der Waals surface area contributed by atoms with E-state index in [9.17, 15) is 9.59 Å². The molecule has 0 radical (unpaired) electrons. The summed E-state index contributed by atoms with van der Waals surface area (Å²) in [7, 11) is 0. The Morgan fingerprint density at radius 1 is 1.17 bits per heavy atom. The van der Waals surface area contributed by atoms with E-state index in [2.05, 4.69) is 10.2 Å². The number of primary amides is 1. The monoisotopic (exact) mass is 395 g/mol. The van der Waals surface area contributed by atoms with Crippen molar-refractivity contribution in [2.24, 2.45) is 11.7 Å². The highest BCUT2D eigenvalue weighted by Gasteiger charge is 2.23. The van der Waals surface area contributed by atoms with Crippen LogP contribution in [0.25, 0.3) is 0 Å². The van der Waals surface area contributed by atoms with Crippen LogP contribution in [-0.4, -0.2) is 42.9 Å². The third kappa shape index (κ3) is 6.32. The molecule has 0 saturated carbocycles. The summed E-state index contributed by atoms with van der Waals surface area (Å²) < 4.78 is 5.81. The maximum atomic E-state index is 12.3. The van der Waals surface area contributed by atoms with Gasteiger partial charge in [0.15, 0.2) is 0 Å². The van der Waals surface area contributed by atoms with Crippen LogP contribution in [0, 0.1) is 12.8 Å². The van der Waals surface area contributed by atoms with E-state index in [1.54, 1.807) is 24.3 Å². The largest absolute Gasteiger partial charge is 0.457 e. The number of amides is 2. The van der Waals surface area contributed by atoms with Gasteiger partial charge in [0.1, 0.15) is 11.5 Å². The average molecular weight is 396 g/mol. The number of nitrogens with zero attached hydrogens (tertiary/aromatic N) is 1. The lowest BCUT2D eigenvalue weighted by atomic mass is 9.97. The number of ether oxygens (including phenoxy) is 1. The molecular formula is C23H29N3O3. The van der Waals surface area contributed by atoms with Crippen LogP contribution in [0.4, 0.5) is 0 Å². The smallest absolute Gasteiger partial charge is 0.251 e. The van der Waals surface area contributed by atoms with E-state index in [1.165, 1.54) is 0 Å². The van der Waals surface area contributed by atoms with Crippen molar-refractivity contribution in [3.05, 3.63) is 59.7 Å². The quantitative estimate of drug-likeness (QED) is 0.673. The fourth-order valence-electron chi connectivity index (χ4n) is 3.59. The number of carbonyl (C=O) groups excluding carboxylic acids is 2. The van der Waals surface area contributed by atoms with E-state index in [0.717, 1.165) is 50.2 Å². The van der Waals surface area contributed by atoms with Gasteiger partial charge in [0.05, 0.1) is 5.92 Å². The van der Waals surface area contributed by atoms with Gasteiger partial charge in [0, 0.05) is 18.7 Å². The zero-order valence-electron chi connectivity index (χ0n) is 16.9. The molecule has 6 heteroatoms. The SMILES string of the molecule is Cc1cccc(Oc2ccc(C(=O)NCCCN3CCCC(C(N)=O)C3)cc2)c1. The Morgan fingerprint density at radius 2 is 1.97 bits per heavy atom. The summed E-state index contributed by atoms with van der Waals surface area (Å²) in [6.07, 6.45) is 2.72. The van der Waals surface area contributed by atoms with Gasteiger partial charge in [-0.3, -0.25) is 9.59 Å². The number of benzene rings is 2. The van der Waals surface area contributed by atoms with Crippen LogP contribution in [0.2, 0.25) is 0 Å². The molecule has 1 fully saturated rings. The second kappa shape index (κ2) is 10.1. The maximum absolute atomic E-state index is 12.3. The number of nitrogens with two attached hydrogens (primary N) is 1. The van der Waals surface area contributed by atoms with Crippen molar-refractivity contribution in [2.45, 2.75) is 26.2 Å². The minimum atomic E-state index is -0.210. The fraction of sp³-hybridized carbons (Fsp3) is 0.391. The Balaban J connectivity index is 1.41. The number of piperidine rings is 1. The van der Waals surface area contributed by atoms with Crippen molar-refractivity contribution in [3.8, 4) is 11.5 Å². The summed E-state index contributed by atoms with van der Waals surface area (Å²) in [5, 5.41) is 2.95. The van der Waals surface area contributed by atoms with Gasteiger partial charge in [-0.05, 0) is 81.2 Å². The molecule has 6 nitrogen and oxygen atoms in total. The lowest BCUT2D eigenvalue weighted by molar-refractivity contribution is -0.123. The van der Waals surface area contributed by atoms with Crippen LogP contribution in [-0.2, 0) is 4.79 Å². The van der Waals surface area contributed by atoms with Gasteiger partial charge in [-0.1, -0.05) is 12.1 Å². The van der Waals surface area contributed by atoms with E-state index >= 15 is 0 Å². The van der Waals surface area contributed by atoms with E-state index in [0.29, 0.717) is 17.9 Å². The Hall–Kier alpha value is -2.86. The third-order valence-electron chi connectivity index (χ3n) is 5.19. The number of hydrogen-bond acceptors (Lipinski definition) is 4. The first-order valence-electron chi connectivity index (χ1n) is 10.2. The van der Waals surface area contributed by atoms with Crippen molar-refractivity contribution in [1.82, 2.24) is 10.2 Å². The molecule has 0 aliphatic carbocycles. The normalized spacial score (nSPS) is 16.9. The van der Waals surface area contributed by atoms with Crippen LogP contribution >= 0.6 is 0 Å². The fourth-order valence-corrected chi connectivity index (χ4v) is 3.59. The van der Waals surface area contributed by atoms with Crippen molar-refractivity contribution >= 4 is 11.8 Å². The van der Waals surface area contributed by atoms with E-state index < -0.39 is 0 Å². The molecule has 29 heavy (non-hydrogen) atoms. The molecule has 0 aromatic heterocycles. The molecular weight excluding hydrogens is 366 g/mol. The standard InChI is InChI=1S/C23H29N3O3/c1-17-5-2-7-21(15-17)29-20-10-8-18(9-11-20)23(28)25-12-4-14-26-13-3-6-19(16-26)22(24)27/h2,5,7-11,15,19H,3-4,6,12-14,16H2,1H3,(H2,24,27)(H,25,28). The highest BCUT2D eigenvalue weighted by molar-refractivity contribution is 5.94. The van der Waals surface area contributed by atoms with E-state index in [1.807, 2.05) is 31.2 Å². The molecule has 1 heterocycles. The van der Waals surface area contributed by atoms with Gasteiger partial charge >= 0.3 is 0 Å². The molecule has 2 amide bonds. The predicted molar refractivity (Wildman–Crippen MR) is 113 cm³/mol. The molecule has 1 saturated heterocycles. The summed E-state index contributed by atoms with van der Waals surface area (Å²) in [5.41, 5.74) is 7.15. The summed E-state index contributed by atoms with van der Waals surface area (Å²) in [6.45, 7) is 5.18. The van der Waals surface area contributed by atoms with Crippen molar-refractivity contribution in [2.75, 3.05) is 26.2 Å². The Labute approximate surface area is 172 Å². The van der Waals surface area contributed by atoms with Crippen molar-refractivity contribution in [3.63, 3.8) is 0 Å². The average Bonchev–Trinajstić information content (AvgIpc) is 2.72. The number of likely N-dealkylation sites (tertiary alicyclic amines) is 1. The second-order valence-electron chi connectivity index (χ2n) is 7.59. The topological polar surface area (TPSA) is 84.7 Å². The molecule has 3 N–H and O–H groups in total. The Kier molecular flexibility index (Phi) is 7.25. The Morgan fingerprint density at radius 3 is 2.69 bits per heavy atom. The molecule has 1 unspecified atom stereocenters. The van der Waals surface area contributed by atoms with Crippen LogP contribution in [0.15, 0.2) is 48.5 Å². The number of hydrogen-bond donors (Lipinski definition) is 2. The summed E-state index contributed by atoms with van der Waals surface area (Å²) >= 11 is 0. The molecule has 2 aromatic carbocycles. The van der Waals surface area contributed by atoms with Crippen LogP contribution < -0.4 is 15.8 Å². The molecule has 0 spiro atoms. The zero-order chi connectivity index (χ0) is 20.6. The lowest BCUT2D eigenvalue weighted by Crippen LogP contribution is -2.42. The summed E-state index contributed by atoms with van der Waals surface area (Å²) in [4.78, 5) is 25.9. The van der Waals surface area contributed by atoms with Crippen LogP contribution in [0.5, 0.6) is 11.5 Å². The molecule has 154 valence electrons. The Bertz CT molecular complexity index is 836. The van der Waals surface area contributed by atoms with Gasteiger partial charge < -0.3 is 20.7 Å². The van der Waals surface area contributed by atoms with Crippen LogP contribution in [0.3, 0.4) is 0 Å². The minimum Gasteiger partial charge on any atom is -0.457 e. The van der Waals surface area contributed by atoms with Gasteiger partial charge in [0.2, 0.25) is 5.91 Å². The number of nitrogens with one attached hydrogen (secondary N) is 1.